The van der Waals surface area contributed by atoms with Gasteiger partial charge in [0.1, 0.15) is 0 Å². The molecular formula is C16H22ClN5. The molecule has 0 bridgehead atoms. The third kappa shape index (κ3) is 4.94. The lowest BCUT2D eigenvalue weighted by Gasteiger charge is -2.22. The molecule has 0 fully saturated rings. The number of nitrogen functional groups attached to an aromatic ring is 1. The Morgan fingerprint density at radius 1 is 1.00 bits per heavy atom. The number of rotatable bonds is 8. The fourth-order valence-electron chi connectivity index (χ4n) is 2.23. The van der Waals surface area contributed by atoms with Gasteiger partial charge in [-0.15, -0.1) is 0 Å². The van der Waals surface area contributed by atoms with Gasteiger partial charge in [-0.25, -0.2) is 0 Å². The lowest BCUT2D eigenvalue weighted by atomic mass is 10.2. The van der Waals surface area contributed by atoms with Crippen LogP contribution in [-0.4, -0.2) is 28.0 Å². The minimum atomic E-state index is 0.667. The molecule has 6 heteroatoms. The second-order valence-electron chi connectivity index (χ2n) is 5.18. The van der Waals surface area contributed by atoms with Gasteiger partial charge in [-0.3, -0.25) is 14.9 Å². The molecule has 0 aliphatic heterocycles. The van der Waals surface area contributed by atoms with E-state index in [-0.39, 0.29) is 0 Å². The molecule has 2 rings (SSSR count). The van der Waals surface area contributed by atoms with Crippen LogP contribution in [0.4, 0.5) is 5.69 Å². The van der Waals surface area contributed by atoms with Gasteiger partial charge >= 0.3 is 0 Å². The molecule has 0 aliphatic carbocycles. The third-order valence-corrected chi connectivity index (χ3v) is 3.78. The maximum absolute atomic E-state index is 6.21. The van der Waals surface area contributed by atoms with Crippen molar-refractivity contribution < 1.29 is 0 Å². The van der Waals surface area contributed by atoms with E-state index in [0.29, 0.717) is 30.3 Å². The van der Waals surface area contributed by atoms with Crippen molar-refractivity contribution in [2.45, 2.75) is 25.9 Å². The van der Waals surface area contributed by atoms with Crippen LogP contribution in [0.15, 0.2) is 36.7 Å². The zero-order valence-corrected chi connectivity index (χ0v) is 13.3. The number of aromatic nitrogens is 2. The van der Waals surface area contributed by atoms with Gasteiger partial charge in [-0.05, 0) is 50.2 Å². The maximum Gasteiger partial charge on any atom is 0.0772 e. The summed E-state index contributed by atoms with van der Waals surface area (Å²) in [7, 11) is 0. The van der Waals surface area contributed by atoms with Crippen molar-refractivity contribution in [1.82, 2.24) is 14.9 Å². The van der Waals surface area contributed by atoms with E-state index in [4.69, 9.17) is 23.1 Å². The van der Waals surface area contributed by atoms with E-state index in [1.54, 1.807) is 12.4 Å². The molecule has 22 heavy (non-hydrogen) atoms. The molecule has 2 aromatic rings. The molecule has 0 amide bonds. The largest absolute Gasteiger partial charge is 0.397 e. The monoisotopic (exact) mass is 319 g/mol. The number of unbranched alkanes of at least 4 members (excludes halogenated alkanes) is 1. The van der Waals surface area contributed by atoms with Gasteiger partial charge in [0.05, 0.1) is 22.1 Å². The quantitative estimate of drug-likeness (QED) is 0.730. The van der Waals surface area contributed by atoms with Gasteiger partial charge in [0, 0.05) is 25.5 Å². The van der Waals surface area contributed by atoms with Crippen LogP contribution in [0.5, 0.6) is 0 Å². The smallest absolute Gasteiger partial charge is 0.0772 e. The van der Waals surface area contributed by atoms with Gasteiger partial charge in [0.25, 0.3) is 0 Å². The van der Waals surface area contributed by atoms with E-state index >= 15 is 0 Å². The fourth-order valence-corrected chi connectivity index (χ4v) is 2.42. The summed E-state index contributed by atoms with van der Waals surface area (Å²) in [4.78, 5) is 11.0. The number of nitrogens with zero attached hydrogens (tertiary/aromatic N) is 3. The summed E-state index contributed by atoms with van der Waals surface area (Å²) in [6, 6.07) is 7.40. The van der Waals surface area contributed by atoms with E-state index in [2.05, 4.69) is 14.9 Å². The topological polar surface area (TPSA) is 81.1 Å². The second-order valence-corrected chi connectivity index (χ2v) is 5.58. The van der Waals surface area contributed by atoms with Gasteiger partial charge in [-0.1, -0.05) is 11.6 Å². The molecule has 118 valence electrons. The van der Waals surface area contributed by atoms with Gasteiger partial charge in [-0.2, -0.15) is 0 Å². The number of nitrogens with two attached hydrogens (primary N) is 2. The molecular weight excluding hydrogens is 298 g/mol. The lowest BCUT2D eigenvalue weighted by Crippen LogP contribution is -2.26. The van der Waals surface area contributed by atoms with Crippen molar-refractivity contribution >= 4 is 17.3 Å². The first-order valence-corrected chi connectivity index (χ1v) is 7.79. The minimum Gasteiger partial charge on any atom is -0.397 e. The number of hydrogen-bond acceptors (Lipinski definition) is 5. The van der Waals surface area contributed by atoms with Crippen molar-refractivity contribution in [3.63, 3.8) is 0 Å². The summed E-state index contributed by atoms with van der Waals surface area (Å²) in [5, 5.41) is 0.681. The Morgan fingerprint density at radius 3 is 2.36 bits per heavy atom. The molecule has 0 saturated carbocycles. The number of halogens is 1. The van der Waals surface area contributed by atoms with Crippen LogP contribution in [-0.2, 0) is 13.1 Å². The molecule has 0 aliphatic rings. The molecule has 0 saturated heterocycles. The average molecular weight is 320 g/mol. The summed E-state index contributed by atoms with van der Waals surface area (Å²) in [6.45, 7) is 2.94. The summed E-state index contributed by atoms with van der Waals surface area (Å²) in [5.74, 6) is 0. The average Bonchev–Trinajstić information content (AvgIpc) is 2.52. The highest BCUT2D eigenvalue weighted by Gasteiger charge is 2.12. The predicted octanol–water partition coefficient (Wildman–Crippen LogP) is 2.45. The lowest BCUT2D eigenvalue weighted by molar-refractivity contribution is 0.246. The first kappa shape index (κ1) is 16.7. The SMILES string of the molecule is NCCCCN(Cc1ncccc1N)Cc1ncccc1Cl. The van der Waals surface area contributed by atoms with Crippen LogP contribution in [0.2, 0.25) is 5.02 Å². The van der Waals surface area contributed by atoms with Crippen LogP contribution < -0.4 is 11.5 Å². The van der Waals surface area contributed by atoms with Crippen molar-refractivity contribution in [3.05, 3.63) is 53.1 Å². The highest BCUT2D eigenvalue weighted by molar-refractivity contribution is 6.31. The van der Waals surface area contributed by atoms with Gasteiger partial charge < -0.3 is 11.5 Å². The van der Waals surface area contributed by atoms with Crippen molar-refractivity contribution in [2.24, 2.45) is 5.73 Å². The summed E-state index contributed by atoms with van der Waals surface area (Å²) in [5.41, 5.74) is 14.0. The normalized spacial score (nSPS) is 11.0. The van der Waals surface area contributed by atoms with E-state index in [1.165, 1.54) is 0 Å². The molecule has 4 N–H and O–H groups in total. The minimum absolute atomic E-state index is 0.667. The first-order chi connectivity index (χ1) is 10.7. The van der Waals surface area contributed by atoms with Crippen LogP contribution in [0.25, 0.3) is 0 Å². The number of pyridine rings is 2. The fraction of sp³-hybridized carbons (Fsp3) is 0.375. The first-order valence-electron chi connectivity index (χ1n) is 7.42. The maximum atomic E-state index is 6.21. The van der Waals surface area contributed by atoms with Crippen LogP contribution >= 0.6 is 11.6 Å². The number of hydrogen-bond donors (Lipinski definition) is 2. The summed E-state index contributed by atoms with van der Waals surface area (Å²) >= 11 is 6.21. The summed E-state index contributed by atoms with van der Waals surface area (Å²) in [6.07, 6.45) is 5.53. The Kier molecular flexibility index (Phi) is 6.58. The van der Waals surface area contributed by atoms with E-state index in [9.17, 15) is 0 Å². The molecule has 2 heterocycles. The zero-order valence-electron chi connectivity index (χ0n) is 12.6. The summed E-state index contributed by atoms with van der Waals surface area (Å²) < 4.78 is 0. The molecule has 0 spiro atoms. The van der Waals surface area contributed by atoms with Crippen LogP contribution in [0.1, 0.15) is 24.2 Å². The molecule has 2 aromatic heterocycles. The van der Waals surface area contributed by atoms with Crippen molar-refractivity contribution in [3.8, 4) is 0 Å². The van der Waals surface area contributed by atoms with Crippen LogP contribution in [0.3, 0.4) is 0 Å². The number of anilines is 1. The van der Waals surface area contributed by atoms with Gasteiger partial charge in [0.15, 0.2) is 0 Å². The molecule has 0 unspecified atom stereocenters. The molecule has 0 radical (unpaired) electrons. The Hall–Kier alpha value is -1.69. The third-order valence-electron chi connectivity index (χ3n) is 3.44. The highest BCUT2D eigenvalue weighted by Crippen LogP contribution is 2.17. The zero-order chi connectivity index (χ0) is 15.8. The Morgan fingerprint density at radius 2 is 1.68 bits per heavy atom. The highest BCUT2D eigenvalue weighted by atomic mass is 35.5. The van der Waals surface area contributed by atoms with E-state index < -0.39 is 0 Å². The second kappa shape index (κ2) is 8.68. The van der Waals surface area contributed by atoms with Crippen molar-refractivity contribution in [1.29, 1.82) is 0 Å². The standard InChI is InChI=1S/C16H22ClN5/c17-13-5-3-8-20-15(13)11-22(10-2-1-7-18)12-16-14(19)6-4-9-21-16/h3-6,8-9H,1-2,7,10-12,18-19H2. The van der Waals surface area contributed by atoms with Gasteiger partial charge in [0.2, 0.25) is 0 Å². The van der Waals surface area contributed by atoms with Crippen LogP contribution in [0, 0.1) is 0 Å². The van der Waals surface area contributed by atoms with E-state index in [0.717, 1.165) is 30.8 Å². The Bertz CT molecular complexity index is 543. The Balaban J connectivity index is 2.09. The van der Waals surface area contributed by atoms with E-state index in [1.807, 2.05) is 24.3 Å². The molecule has 5 nitrogen and oxygen atoms in total. The molecule has 0 atom stereocenters. The predicted molar refractivity (Wildman–Crippen MR) is 90.3 cm³/mol. The van der Waals surface area contributed by atoms with Crippen molar-refractivity contribution in [2.75, 3.05) is 18.8 Å². The Labute approximate surface area is 136 Å². The molecule has 0 aromatic carbocycles.